The molecule has 15 rings (SSSR count). The van der Waals surface area contributed by atoms with Crippen LogP contribution in [0.15, 0.2) is 253 Å². The van der Waals surface area contributed by atoms with Gasteiger partial charge in [-0.2, -0.15) is 0 Å². The first-order valence-electron chi connectivity index (χ1n) is 25.2. The SMILES string of the molecule is CC1(C)c2ccccc2-c2ccc(-c3ccc(N(c4ccc(-c5cccc6c5oc5ccccc56)cc4)c4ccccc4-c4cccc5c4-c4ccccc4C54c5ccccc5-c5ccccc54)cc3)cc21. The van der Waals surface area contributed by atoms with Gasteiger partial charge in [0.2, 0.25) is 0 Å². The molecule has 0 atom stereocenters. The van der Waals surface area contributed by atoms with Gasteiger partial charge in [-0.05, 0) is 131 Å². The molecule has 72 heavy (non-hydrogen) atoms. The summed E-state index contributed by atoms with van der Waals surface area (Å²) in [6.45, 7) is 4.71. The maximum absolute atomic E-state index is 6.54. The molecule has 12 aromatic rings. The van der Waals surface area contributed by atoms with Crippen molar-refractivity contribution in [3.8, 4) is 66.8 Å². The van der Waals surface area contributed by atoms with Crippen LogP contribution in [0.25, 0.3) is 88.7 Å². The number of benzene rings is 11. The minimum Gasteiger partial charge on any atom is -0.455 e. The van der Waals surface area contributed by atoms with Crippen LogP contribution in [0.4, 0.5) is 17.1 Å². The molecule has 2 heteroatoms. The molecule has 338 valence electrons. The zero-order valence-corrected chi connectivity index (χ0v) is 40.0. The molecule has 3 aliphatic rings. The van der Waals surface area contributed by atoms with Crippen LogP contribution < -0.4 is 4.90 Å². The number of hydrogen-bond acceptors (Lipinski definition) is 2. The van der Waals surface area contributed by atoms with Gasteiger partial charge in [-0.15, -0.1) is 0 Å². The largest absolute Gasteiger partial charge is 0.455 e. The maximum atomic E-state index is 6.54. The van der Waals surface area contributed by atoms with Gasteiger partial charge in [-0.3, -0.25) is 0 Å². The average Bonchev–Trinajstić information content (AvgIpc) is 4.14. The zero-order chi connectivity index (χ0) is 47.7. The van der Waals surface area contributed by atoms with E-state index in [0.717, 1.165) is 50.1 Å². The second-order valence-electron chi connectivity index (χ2n) is 20.3. The molecule has 0 N–H and O–H groups in total. The fourth-order valence-corrected chi connectivity index (χ4v) is 13.1. The molecule has 2 nitrogen and oxygen atoms in total. The van der Waals surface area contributed by atoms with Crippen molar-refractivity contribution < 1.29 is 4.42 Å². The standard InChI is InChI=1S/C70H47NO/c1-69(2)59-26-9-3-17-50(59)53-42-37-46(43-64(53)69)44-33-38-47(39-34-44)71(48-40-35-45(36-41-48)49-23-15-25-57-55-21-8-14-32-66(55)72-68(49)57)65-31-13-7-20-54(65)56-24-16-30-63-67(56)58-22-6-12-29-62(58)70(63)60-27-10-4-18-51(60)52-19-5-11-28-61(52)70/h3-43H,1-2H3. The average molecular weight is 918 g/mol. The summed E-state index contributed by atoms with van der Waals surface area (Å²) in [5, 5.41) is 2.26. The van der Waals surface area contributed by atoms with Crippen LogP contribution >= 0.6 is 0 Å². The number of para-hydroxylation sites is 3. The maximum Gasteiger partial charge on any atom is 0.143 e. The van der Waals surface area contributed by atoms with E-state index < -0.39 is 5.41 Å². The highest BCUT2D eigenvalue weighted by Crippen LogP contribution is 2.64. The first-order chi connectivity index (χ1) is 35.5. The molecule has 0 unspecified atom stereocenters. The third kappa shape index (κ3) is 5.61. The van der Waals surface area contributed by atoms with Crippen molar-refractivity contribution >= 4 is 39.0 Å². The van der Waals surface area contributed by atoms with E-state index in [2.05, 4.69) is 261 Å². The van der Waals surface area contributed by atoms with E-state index in [4.69, 9.17) is 4.42 Å². The van der Waals surface area contributed by atoms with Gasteiger partial charge < -0.3 is 9.32 Å². The van der Waals surface area contributed by atoms with Crippen LogP contribution in [0, 0.1) is 0 Å². The van der Waals surface area contributed by atoms with E-state index in [-0.39, 0.29) is 5.41 Å². The van der Waals surface area contributed by atoms with Crippen molar-refractivity contribution in [2.75, 3.05) is 4.90 Å². The summed E-state index contributed by atoms with van der Waals surface area (Å²) in [7, 11) is 0. The third-order valence-corrected chi connectivity index (χ3v) is 16.3. The molecule has 0 amide bonds. The lowest BCUT2D eigenvalue weighted by Crippen LogP contribution is -2.25. The molecule has 0 saturated heterocycles. The number of rotatable bonds is 6. The summed E-state index contributed by atoms with van der Waals surface area (Å²) in [5.41, 5.74) is 27.5. The Morgan fingerprint density at radius 3 is 1.50 bits per heavy atom. The van der Waals surface area contributed by atoms with E-state index in [9.17, 15) is 0 Å². The first kappa shape index (κ1) is 40.9. The molecule has 0 radical (unpaired) electrons. The van der Waals surface area contributed by atoms with Gasteiger partial charge in [0, 0.05) is 38.7 Å². The molecule has 0 saturated carbocycles. The van der Waals surface area contributed by atoms with Crippen molar-refractivity contribution in [1.29, 1.82) is 0 Å². The van der Waals surface area contributed by atoms with Crippen LogP contribution in [0.3, 0.4) is 0 Å². The summed E-state index contributed by atoms with van der Waals surface area (Å²) in [5.74, 6) is 0. The van der Waals surface area contributed by atoms with Crippen molar-refractivity contribution in [1.82, 2.24) is 0 Å². The van der Waals surface area contributed by atoms with E-state index >= 15 is 0 Å². The van der Waals surface area contributed by atoms with Crippen molar-refractivity contribution in [2.24, 2.45) is 0 Å². The predicted octanol–water partition coefficient (Wildman–Crippen LogP) is 18.7. The van der Waals surface area contributed by atoms with Gasteiger partial charge in [0.05, 0.1) is 11.1 Å². The van der Waals surface area contributed by atoms with Crippen molar-refractivity contribution in [2.45, 2.75) is 24.7 Å². The van der Waals surface area contributed by atoms with E-state index in [0.29, 0.717) is 0 Å². The van der Waals surface area contributed by atoms with Crippen molar-refractivity contribution in [3.05, 3.63) is 282 Å². The quantitative estimate of drug-likeness (QED) is 0.165. The molecule has 1 aromatic heterocycles. The van der Waals surface area contributed by atoms with Crippen LogP contribution in [0.2, 0.25) is 0 Å². The molecule has 3 aliphatic carbocycles. The Kier molecular flexibility index (Phi) is 8.66. The number of nitrogens with zero attached hydrogens (tertiary/aromatic N) is 1. The minimum absolute atomic E-state index is 0.0766. The Morgan fingerprint density at radius 1 is 0.319 bits per heavy atom. The lowest BCUT2D eigenvalue weighted by atomic mass is 9.70. The molecule has 0 bridgehead atoms. The van der Waals surface area contributed by atoms with Crippen LogP contribution in [0.1, 0.15) is 47.2 Å². The second kappa shape index (κ2) is 15.3. The fourth-order valence-electron chi connectivity index (χ4n) is 13.1. The lowest BCUT2D eigenvalue weighted by molar-refractivity contribution is 0.660. The Labute approximate surface area is 419 Å². The van der Waals surface area contributed by atoms with E-state index in [1.54, 1.807) is 0 Å². The Morgan fingerprint density at radius 2 is 0.792 bits per heavy atom. The Balaban J connectivity index is 0.903. The third-order valence-electron chi connectivity index (χ3n) is 16.3. The highest BCUT2D eigenvalue weighted by molar-refractivity contribution is 6.10. The normalized spacial score (nSPS) is 13.9. The summed E-state index contributed by atoms with van der Waals surface area (Å²) >= 11 is 0. The van der Waals surface area contributed by atoms with Gasteiger partial charge in [-0.1, -0.05) is 220 Å². The van der Waals surface area contributed by atoms with Gasteiger partial charge in [0.25, 0.3) is 0 Å². The fraction of sp³-hybridized carbons (Fsp3) is 0.0571. The molecule has 1 heterocycles. The monoisotopic (exact) mass is 917 g/mol. The van der Waals surface area contributed by atoms with Gasteiger partial charge in [-0.25, -0.2) is 0 Å². The molecular weight excluding hydrogens is 871 g/mol. The van der Waals surface area contributed by atoms with Crippen LogP contribution in [-0.4, -0.2) is 0 Å². The Hall–Kier alpha value is -8.98. The Bertz CT molecular complexity index is 4140. The minimum atomic E-state index is -0.437. The topological polar surface area (TPSA) is 16.4 Å². The number of furan rings is 1. The first-order valence-corrected chi connectivity index (χ1v) is 25.2. The number of fused-ring (bicyclic) bond motifs is 16. The zero-order valence-electron chi connectivity index (χ0n) is 40.0. The highest BCUT2D eigenvalue weighted by atomic mass is 16.3. The molecule has 0 fully saturated rings. The number of hydrogen-bond donors (Lipinski definition) is 0. The molecule has 11 aromatic carbocycles. The molecule has 0 aliphatic heterocycles. The van der Waals surface area contributed by atoms with E-state index in [1.165, 1.54) is 89.0 Å². The number of anilines is 3. The summed E-state index contributed by atoms with van der Waals surface area (Å²) < 4.78 is 6.54. The molecular formula is C70H47NO. The predicted molar refractivity (Wildman–Crippen MR) is 299 cm³/mol. The van der Waals surface area contributed by atoms with Gasteiger partial charge in [0.15, 0.2) is 0 Å². The summed E-state index contributed by atoms with van der Waals surface area (Å²) in [6, 6.07) is 92.2. The summed E-state index contributed by atoms with van der Waals surface area (Å²) in [6.07, 6.45) is 0. The summed E-state index contributed by atoms with van der Waals surface area (Å²) in [4.78, 5) is 2.45. The van der Waals surface area contributed by atoms with E-state index in [1.807, 2.05) is 6.07 Å². The van der Waals surface area contributed by atoms with Gasteiger partial charge in [0.1, 0.15) is 11.2 Å². The van der Waals surface area contributed by atoms with Crippen LogP contribution in [0.5, 0.6) is 0 Å². The second-order valence-corrected chi connectivity index (χ2v) is 20.3. The molecule has 1 spiro atoms. The van der Waals surface area contributed by atoms with Crippen molar-refractivity contribution in [3.63, 3.8) is 0 Å². The van der Waals surface area contributed by atoms with Crippen LogP contribution in [-0.2, 0) is 10.8 Å². The smallest absolute Gasteiger partial charge is 0.143 e. The lowest BCUT2D eigenvalue weighted by Gasteiger charge is -2.31. The highest BCUT2D eigenvalue weighted by Gasteiger charge is 2.52. The van der Waals surface area contributed by atoms with Gasteiger partial charge >= 0.3 is 0 Å².